The fourth-order valence-electron chi connectivity index (χ4n) is 1.22. The Labute approximate surface area is 107 Å². The number of hydrogen-bond acceptors (Lipinski definition) is 8. The highest BCUT2D eigenvalue weighted by atomic mass is 32.2. The fraction of sp³-hybridized carbons (Fsp3) is 0.125. The number of pyridine rings is 1. The van der Waals surface area contributed by atoms with Gasteiger partial charge >= 0.3 is 0 Å². The van der Waals surface area contributed by atoms with Crippen LogP contribution in [0.1, 0.15) is 5.82 Å². The molecule has 0 aliphatic heterocycles. The Kier molecular flexibility index (Phi) is 3.41. The van der Waals surface area contributed by atoms with Gasteiger partial charge < -0.3 is 5.43 Å². The summed E-state index contributed by atoms with van der Waals surface area (Å²) in [5.74, 6) is 5.75. The lowest BCUT2D eigenvalue weighted by molar-refractivity contribution is 0.601. The smallest absolute Gasteiger partial charge is 0.267 e. The number of aryl methyl sites for hydroxylation is 1. The summed E-state index contributed by atoms with van der Waals surface area (Å²) in [6.45, 7) is 1.67. The van der Waals surface area contributed by atoms with Crippen molar-refractivity contribution in [1.29, 1.82) is 0 Å². The van der Waals surface area contributed by atoms with Crippen molar-refractivity contribution in [3.05, 3.63) is 24.3 Å². The number of nitrogens with one attached hydrogen (secondary N) is 2. The van der Waals surface area contributed by atoms with E-state index in [2.05, 4.69) is 24.5 Å². The Morgan fingerprint density at radius 1 is 1.44 bits per heavy atom. The molecule has 0 unspecified atom stereocenters. The highest BCUT2D eigenvalue weighted by Gasteiger charge is 2.20. The molecule has 0 amide bonds. The van der Waals surface area contributed by atoms with Crippen LogP contribution in [0.15, 0.2) is 23.4 Å². The molecular formula is C8H10N6O2S2. The minimum Gasteiger partial charge on any atom is -0.323 e. The van der Waals surface area contributed by atoms with E-state index in [4.69, 9.17) is 5.84 Å². The van der Waals surface area contributed by atoms with Crippen LogP contribution in [-0.4, -0.2) is 22.8 Å². The normalized spacial score (nSPS) is 11.2. The maximum absolute atomic E-state index is 12.1. The van der Waals surface area contributed by atoms with Crippen LogP contribution in [0.25, 0.3) is 0 Å². The van der Waals surface area contributed by atoms with E-state index >= 15 is 0 Å². The van der Waals surface area contributed by atoms with Crippen LogP contribution in [-0.2, 0) is 10.0 Å². The highest BCUT2D eigenvalue weighted by Crippen LogP contribution is 2.22. The van der Waals surface area contributed by atoms with Gasteiger partial charge in [-0.05, 0) is 13.0 Å². The molecule has 0 aromatic carbocycles. The average molecular weight is 286 g/mol. The van der Waals surface area contributed by atoms with Crippen molar-refractivity contribution in [1.82, 2.24) is 14.3 Å². The summed E-state index contributed by atoms with van der Waals surface area (Å²) in [4.78, 5) is 7.63. The van der Waals surface area contributed by atoms with Crippen molar-refractivity contribution in [2.24, 2.45) is 5.84 Å². The number of sulfonamides is 1. The first kappa shape index (κ1) is 12.7. The van der Waals surface area contributed by atoms with Crippen LogP contribution in [0, 0.1) is 6.92 Å². The van der Waals surface area contributed by atoms with Crippen molar-refractivity contribution >= 4 is 32.4 Å². The lowest BCUT2D eigenvalue weighted by Gasteiger charge is -2.08. The molecule has 8 nitrogen and oxygen atoms in total. The predicted molar refractivity (Wildman–Crippen MR) is 67.5 cm³/mol. The molecule has 0 saturated heterocycles. The molecule has 2 aromatic heterocycles. The van der Waals surface area contributed by atoms with Gasteiger partial charge in [-0.2, -0.15) is 4.37 Å². The molecule has 2 aromatic rings. The molecule has 10 heteroatoms. The second kappa shape index (κ2) is 4.84. The van der Waals surface area contributed by atoms with Gasteiger partial charge in [0.25, 0.3) is 10.0 Å². The molecule has 0 fully saturated rings. The Hall–Kier alpha value is -1.78. The average Bonchev–Trinajstić information content (AvgIpc) is 2.74. The zero-order valence-electron chi connectivity index (χ0n) is 9.28. The van der Waals surface area contributed by atoms with E-state index in [1.54, 1.807) is 6.92 Å². The second-order valence-electron chi connectivity index (χ2n) is 3.27. The standard InChI is InChI=1S/C8H10N6O2S2/c1-5-11-8(17-13-5)14-18(15,16)7-4-10-3-2-6(7)12-9/h2-4H,9H2,1H3,(H,10,12)(H,11,13,14). The molecule has 96 valence electrons. The van der Waals surface area contributed by atoms with Crippen LogP contribution in [0.3, 0.4) is 0 Å². The lowest BCUT2D eigenvalue weighted by Crippen LogP contribution is -2.17. The largest absolute Gasteiger partial charge is 0.323 e. The van der Waals surface area contributed by atoms with E-state index in [0.717, 1.165) is 11.5 Å². The second-order valence-corrected chi connectivity index (χ2v) is 5.67. The van der Waals surface area contributed by atoms with Crippen molar-refractivity contribution in [3.63, 3.8) is 0 Å². The molecule has 0 spiro atoms. The number of hydrazine groups is 1. The van der Waals surface area contributed by atoms with Crippen LogP contribution < -0.4 is 16.0 Å². The number of nitrogens with zero attached hydrogens (tertiary/aromatic N) is 3. The van der Waals surface area contributed by atoms with Gasteiger partial charge in [-0.1, -0.05) is 0 Å². The fourth-order valence-corrected chi connectivity index (χ4v) is 3.13. The Bertz CT molecular complexity index is 653. The Morgan fingerprint density at radius 2 is 2.22 bits per heavy atom. The number of anilines is 2. The van der Waals surface area contributed by atoms with Crippen molar-refractivity contribution in [3.8, 4) is 0 Å². The van der Waals surface area contributed by atoms with Gasteiger partial charge in [-0.25, -0.2) is 13.4 Å². The van der Waals surface area contributed by atoms with Gasteiger partial charge in [0.05, 0.1) is 5.69 Å². The first-order chi connectivity index (χ1) is 8.53. The molecule has 0 radical (unpaired) electrons. The Balaban J connectivity index is 2.36. The molecule has 2 heterocycles. The number of nitrogens with two attached hydrogens (primary N) is 1. The predicted octanol–water partition coefficient (Wildman–Crippen LogP) is 0.328. The first-order valence-electron chi connectivity index (χ1n) is 4.76. The number of hydrogen-bond donors (Lipinski definition) is 3. The lowest BCUT2D eigenvalue weighted by atomic mass is 10.4. The third-order valence-electron chi connectivity index (χ3n) is 1.98. The maximum Gasteiger partial charge on any atom is 0.267 e. The third kappa shape index (κ3) is 2.55. The van der Waals surface area contributed by atoms with Gasteiger partial charge in [0.2, 0.25) is 5.13 Å². The van der Waals surface area contributed by atoms with E-state index < -0.39 is 10.0 Å². The van der Waals surface area contributed by atoms with Gasteiger partial charge in [0, 0.05) is 23.9 Å². The summed E-state index contributed by atoms with van der Waals surface area (Å²) in [6, 6.07) is 1.46. The number of nitrogen functional groups attached to an aromatic ring is 1. The van der Waals surface area contributed by atoms with Gasteiger partial charge in [0.1, 0.15) is 10.7 Å². The van der Waals surface area contributed by atoms with E-state index in [-0.39, 0.29) is 15.7 Å². The Morgan fingerprint density at radius 3 is 2.83 bits per heavy atom. The van der Waals surface area contributed by atoms with Gasteiger partial charge in [-0.3, -0.25) is 15.5 Å². The number of rotatable bonds is 4. The topological polar surface area (TPSA) is 123 Å². The zero-order valence-corrected chi connectivity index (χ0v) is 10.9. The molecule has 0 atom stereocenters. The van der Waals surface area contributed by atoms with Crippen molar-refractivity contribution < 1.29 is 8.42 Å². The third-order valence-corrected chi connectivity index (χ3v) is 4.20. The summed E-state index contributed by atoms with van der Waals surface area (Å²) in [6.07, 6.45) is 2.63. The minimum absolute atomic E-state index is 0.0552. The number of aromatic nitrogens is 3. The van der Waals surface area contributed by atoms with E-state index in [9.17, 15) is 8.42 Å². The van der Waals surface area contributed by atoms with Crippen LogP contribution in [0.4, 0.5) is 10.8 Å². The summed E-state index contributed by atoms with van der Waals surface area (Å²) in [5, 5.41) is 0.194. The van der Waals surface area contributed by atoms with Gasteiger partial charge in [0.15, 0.2) is 0 Å². The van der Waals surface area contributed by atoms with Crippen molar-refractivity contribution in [2.75, 3.05) is 10.1 Å². The summed E-state index contributed by atoms with van der Waals surface area (Å²) in [5.41, 5.74) is 2.55. The maximum atomic E-state index is 12.1. The quantitative estimate of drug-likeness (QED) is 0.546. The summed E-state index contributed by atoms with van der Waals surface area (Å²) >= 11 is 0.961. The monoisotopic (exact) mass is 286 g/mol. The van der Waals surface area contributed by atoms with Crippen LogP contribution in [0.5, 0.6) is 0 Å². The summed E-state index contributed by atoms with van der Waals surface area (Å²) in [7, 11) is -3.79. The molecule has 4 N–H and O–H groups in total. The molecule has 0 bridgehead atoms. The van der Waals surface area contributed by atoms with E-state index in [0.29, 0.717) is 5.82 Å². The molecule has 18 heavy (non-hydrogen) atoms. The minimum atomic E-state index is -3.79. The van der Waals surface area contributed by atoms with E-state index in [1.165, 1.54) is 18.5 Å². The molecular weight excluding hydrogens is 276 g/mol. The first-order valence-corrected chi connectivity index (χ1v) is 7.02. The van der Waals surface area contributed by atoms with Crippen LogP contribution >= 0.6 is 11.5 Å². The summed E-state index contributed by atoms with van der Waals surface area (Å²) < 4.78 is 30.4. The molecule has 0 saturated carbocycles. The molecule has 0 aliphatic carbocycles. The van der Waals surface area contributed by atoms with E-state index in [1.807, 2.05) is 0 Å². The van der Waals surface area contributed by atoms with Gasteiger partial charge in [-0.15, -0.1) is 0 Å². The van der Waals surface area contributed by atoms with Crippen molar-refractivity contribution in [2.45, 2.75) is 11.8 Å². The molecule has 0 aliphatic rings. The zero-order chi connectivity index (χ0) is 13.2. The molecule has 2 rings (SSSR count). The van der Waals surface area contributed by atoms with Crippen LogP contribution in [0.2, 0.25) is 0 Å². The highest BCUT2D eigenvalue weighted by molar-refractivity contribution is 7.93. The SMILES string of the molecule is Cc1nsc(NS(=O)(=O)c2cnccc2NN)n1.